The van der Waals surface area contributed by atoms with Crippen molar-refractivity contribution in [2.45, 2.75) is 170 Å². The van der Waals surface area contributed by atoms with Crippen LogP contribution < -0.4 is 10.6 Å². The molecular weight excluding hydrogens is 797 g/mol. The largest absolute Gasteiger partial charge is 0.477 e. The van der Waals surface area contributed by atoms with Gasteiger partial charge in [-0.3, -0.25) is 24.0 Å². The molecule has 14 nitrogen and oxygen atoms in total. The molecule has 6 rings (SSSR count). The number of amides is 2. The van der Waals surface area contributed by atoms with Crippen LogP contribution in [0.2, 0.25) is 0 Å². The predicted octanol–water partition coefficient (Wildman–Crippen LogP) is 5.88. The first-order valence-electron chi connectivity index (χ1n) is 22.8. The summed E-state index contributed by atoms with van der Waals surface area (Å²) >= 11 is 0. The zero-order chi connectivity index (χ0) is 45.9. The molecule has 0 spiro atoms. The summed E-state index contributed by atoms with van der Waals surface area (Å²) in [5, 5.41) is 17.3. The van der Waals surface area contributed by atoms with Gasteiger partial charge < -0.3 is 39.4 Å². The van der Waals surface area contributed by atoms with E-state index in [1.807, 2.05) is 0 Å². The van der Waals surface area contributed by atoms with E-state index in [1.54, 1.807) is 0 Å². The van der Waals surface area contributed by atoms with Gasteiger partial charge in [-0.25, -0.2) is 4.79 Å². The number of carbonyl (C=O) groups excluding carboxylic acids is 6. The number of fused-ring (bicyclic) bond motifs is 7. The molecule has 5 aliphatic carbocycles. The second-order valence-electron chi connectivity index (χ2n) is 21.0. The number of hydrogen-bond donors (Lipinski definition) is 3. The molecule has 15 atom stereocenters. The summed E-state index contributed by atoms with van der Waals surface area (Å²) < 4.78 is 27.7. The molecule has 14 heteroatoms. The van der Waals surface area contributed by atoms with E-state index in [2.05, 4.69) is 65.2 Å². The van der Waals surface area contributed by atoms with Gasteiger partial charge in [-0.15, -0.1) is 0 Å². The van der Waals surface area contributed by atoms with Crippen molar-refractivity contribution in [1.82, 2.24) is 10.6 Å². The third-order valence-corrected chi connectivity index (χ3v) is 17.6. The van der Waals surface area contributed by atoms with E-state index in [9.17, 15) is 29.1 Å². The van der Waals surface area contributed by atoms with Crippen molar-refractivity contribution in [3.8, 4) is 0 Å². The molecule has 0 aromatic heterocycles. The number of methoxy groups -OCH3 is 1. The molecule has 2 amide bonds. The number of aliphatic hydroxyl groups excluding tert-OH is 1. The van der Waals surface area contributed by atoms with Crippen molar-refractivity contribution in [1.29, 1.82) is 0 Å². The monoisotopic (exact) mass is 869 g/mol. The highest BCUT2D eigenvalue weighted by Crippen LogP contribution is 2.75. The number of rotatable bonds is 10. The zero-order valence-corrected chi connectivity index (χ0v) is 39.0. The van der Waals surface area contributed by atoms with E-state index >= 15 is 4.79 Å². The smallest absolute Gasteiger partial charge is 0.373 e. The Balaban J connectivity index is 1.41. The van der Waals surface area contributed by atoms with Gasteiger partial charge in [-0.1, -0.05) is 60.1 Å². The van der Waals surface area contributed by atoms with Crippen LogP contribution in [0.1, 0.15) is 134 Å². The van der Waals surface area contributed by atoms with Crippen molar-refractivity contribution in [3.63, 3.8) is 0 Å². The van der Waals surface area contributed by atoms with Gasteiger partial charge in [0, 0.05) is 27.7 Å². The first kappa shape index (κ1) is 47.5. The lowest BCUT2D eigenvalue weighted by atomic mass is 9.33. The van der Waals surface area contributed by atoms with Crippen LogP contribution in [-0.4, -0.2) is 91.0 Å². The first-order valence-corrected chi connectivity index (χ1v) is 22.8. The van der Waals surface area contributed by atoms with E-state index in [0.29, 0.717) is 30.6 Å². The molecule has 0 aromatic rings. The third kappa shape index (κ3) is 7.97. The van der Waals surface area contributed by atoms with Gasteiger partial charge in [-0.05, 0) is 115 Å². The topological polar surface area (TPSA) is 193 Å². The lowest BCUT2D eigenvalue weighted by Gasteiger charge is -2.71. The van der Waals surface area contributed by atoms with E-state index in [-0.39, 0.29) is 51.3 Å². The SMILES string of the molecule is COC(=O)C1=C[C@H](NC(=O)[C@]23CC[C@@H](C)[C@H](C)[C@H]2C2=CC[C@@H]4[C@@]5(C)CC[C@H](O)C(C)(C)[C@@H]5CC[C@@]4(C)[C@]2(C)CC3)[C@H](NC(C)=O)[C@H]([C@H](OC(C)=O)[C@@H](COC(C)=O)OC(C)=O)O1. The number of nitrogens with one attached hydrogen (secondary N) is 2. The van der Waals surface area contributed by atoms with Gasteiger partial charge in [0.2, 0.25) is 17.6 Å². The molecule has 0 unspecified atom stereocenters. The fraction of sp³-hybridized carbons (Fsp3) is 0.792. The fourth-order valence-electron chi connectivity index (χ4n) is 14.1. The predicted molar refractivity (Wildman–Crippen MR) is 227 cm³/mol. The van der Waals surface area contributed by atoms with Crippen molar-refractivity contribution in [3.05, 3.63) is 23.5 Å². The number of allylic oxidation sites excluding steroid dienone is 2. The van der Waals surface area contributed by atoms with Crippen LogP contribution in [0.25, 0.3) is 0 Å². The molecule has 4 fully saturated rings. The van der Waals surface area contributed by atoms with E-state index in [1.165, 1.54) is 25.7 Å². The van der Waals surface area contributed by atoms with Crippen molar-refractivity contribution in [2.24, 2.45) is 56.7 Å². The van der Waals surface area contributed by atoms with Crippen molar-refractivity contribution < 1.29 is 57.6 Å². The van der Waals surface area contributed by atoms with Crippen molar-refractivity contribution >= 4 is 35.7 Å². The maximum atomic E-state index is 15.6. The standard InChI is InChI=1S/C48H72N2O12/c1-25-15-20-48(22-21-46(10)31(38(48)26(25)2)13-14-36-45(9)18-17-37(55)44(7,8)35(45)16-19-47(36,46)11)43(57)50-32-23-33(42(56)58-12)62-41(39(32)49-27(3)51)40(61-30(6)54)34(60-29(5)53)24-59-28(4)52/h13,23,25-26,32,34-41,55H,14-22,24H2,1-12H3,(H,49,51)(H,50,57)/t25-,26+,32+,34-,35+,36-,37+,38+,39+,40-,41-,45+,46-,47-,48+/m1/s1. The molecule has 3 N–H and O–H groups in total. The summed E-state index contributed by atoms with van der Waals surface area (Å²) in [6, 6.07) is -2.26. The fourth-order valence-corrected chi connectivity index (χ4v) is 14.1. The highest BCUT2D eigenvalue weighted by atomic mass is 16.6. The molecule has 4 saturated carbocycles. The molecule has 1 heterocycles. The zero-order valence-electron chi connectivity index (χ0n) is 39.0. The summed E-state index contributed by atoms with van der Waals surface area (Å²) in [7, 11) is 1.17. The van der Waals surface area contributed by atoms with E-state index < -0.39 is 72.2 Å². The molecule has 0 aromatic carbocycles. The Morgan fingerprint density at radius 3 is 2.13 bits per heavy atom. The maximum absolute atomic E-state index is 15.6. The third-order valence-electron chi connectivity index (χ3n) is 17.6. The van der Waals surface area contributed by atoms with Crippen molar-refractivity contribution in [2.75, 3.05) is 13.7 Å². The number of aliphatic hydroxyl groups is 1. The van der Waals surface area contributed by atoms with Crippen LogP contribution in [0.4, 0.5) is 0 Å². The van der Waals surface area contributed by atoms with Gasteiger partial charge in [-0.2, -0.15) is 0 Å². The minimum Gasteiger partial charge on any atom is -0.477 e. The van der Waals surface area contributed by atoms with E-state index in [0.717, 1.165) is 65.7 Å². The minimum atomic E-state index is -1.53. The molecule has 62 heavy (non-hydrogen) atoms. The quantitative estimate of drug-likeness (QED) is 0.135. The molecule has 0 radical (unpaired) electrons. The van der Waals surface area contributed by atoms with Crippen LogP contribution in [0, 0.1) is 56.7 Å². The first-order chi connectivity index (χ1) is 28.9. The molecule has 1 aliphatic heterocycles. The Bertz CT molecular complexity index is 1880. The Hall–Kier alpha value is -3.94. The second-order valence-corrected chi connectivity index (χ2v) is 21.0. The Kier molecular flexibility index (Phi) is 13.2. The molecule has 6 aliphatic rings. The molecule has 0 saturated heterocycles. The van der Waals surface area contributed by atoms with Gasteiger partial charge in [0.15, 0.2) is 18.3 Å². The normalized spacial score (nSPS) is 40.3. The van der Waals surface area contributed by atoms with Gasteiger partial charge >= 0.3 is 23.9 Å². The summed E-state index contributed by atoms with van der Waals surface area (Å²) in [6.07, 6.45) is 6.94. The van der Waals surface area contributed by atoms with Gasteiger partial charge in [0.1, 0.15) is 6.61 Å². The van der Waals surface area contributed by atoms with Gasteiger partial charge in [0.25, 0.3) is 0 Å². The number of ether oxygens (including phenoxy) is 5. The molecule has 0 bridgehead atoms. The average molecular weight is 869 g/mol. The van der Waals surface area contributed by atoms with Crippen LogP contribution in [0.3, 0.4) is 0 Å². The lowest BCUT2D eigenvalue weighted by Crippen LogP contribution is -2.68. The summed E-state index contributed by atoms with van der Waals surface area (Å²) in [5.41, 5.74) is 0.244. The second kappa shape index (κ2) is 17.2. The maximum Gasteiger partial charge on any atom is 0.373 e. The summed E-state index contributed by atoms with van der Waals surface area (Å²) in [5.74, 6) is -2.94. The Morgan fingerprint density at radius 2 is 1.52 bits per heavy atom. The lowest BCUT2D eigenvalue weighted by molar-refractivity contribution is -0.204. The molecule has 346 valence electrons. The number of carbonyl (C=O) groups is 6. The highest BCUT2D eigenvalue weighted by molar-refractivity contribution is 5.88. The molecular formula is C48H72N2O12. The minimum absolute atomic E-state index is 0.0252. The number of hydrogen-bond acceptors (Lipinski definition) is 12. The van der Waals surface area contributed by atoms with Gasteiger partial charge in [0.05, 0.1) is 30.7 Å². The van der Waals surface area contributed by atoms with E-state index in [4.69, 9.17) is 23.7 Å². The average Bonchev–Trinajstić information content (AvgIpc) is 3.18. The number of esters is 4. The Morgan fingerprint density at radius 1 is 0.839 bits per heavy atom. The Labute approximate surface area is 367 Å². The van der Waals surface area contributed by atoms with Crippen LogP contribution in [-0.2, 0) is 52.5 Å². The van der Waals surface area contributed by atoms with Crippen LogP contribution in [0.15, 0.2) is 23.5 Å². The summed E-state index contributed by atoms with van der Waals surface area (Å²) in [4.78, 5) is 78.9. The summed E-state index contributed by atoms with van der Waals surface area (Å²) in [6.45, 7) is 20.7. The van der Waals surface area contributed by atoms with Crippen LogP contribution in [0.5, 0.6) is 0 Å². The highest BCUT2D eigenvalue weighted by Gasteiger charge is 2.69. The van der Waals surface area contributed by atoms with Crippen LogP contribution >= 0.6 is 0 Å².